The molecule has 1 amide bonds. The Labute approximate surface area is 157 Å². The fourth-order valence-corrected chi connectivity index (χ4v) is 3.18. The fourth-order valence-electron chi connectivity index (χ4n) is 3.18. The predicted octanol–water partition coefficient (Wildman–Crippen LogP) is 2.28. The summed E-state index contributed by atoms with van der Waals surface area (Å²) in [5.41, 5.74) is 2.40. The van der Waals surface area contributed by atoms with Crippen LogP contribution in [0.25, 0.3) is 0 Å². The van der Waals surface area contributed by atoms with Crippen LogP contribution in [0.3, 0.4) is 0 Å². The number of hydrogen-bond donors (Lipinski definition) is 2. The van der Waals surface area contributed by atoms with E-state index in [4.69, 9.17) is 9.47 Å². The number of nitrogens with one attached hydrogen (secondary N) is 2. The maximum atomic E-state index is 12.3. The molecule has 1 aliphatic rings. The Morgan fingerprint density at radius 2 is 2.30 bits per heavy atom. The zero-order valence-corrected chi connectivity index (χ0v) is 15.4. The van der Waals surface area contributed by atoms with E-state index in [1.54, 1.807) is 18.3 Å². The van der Waals surface area contributed by atoms with Crippen LogP contribution >= 0.6 is 0 Å². The van der Waals surface area contributed by atoms with Crippen molar-refractivity contribution in [1.82, 2.24) is 9.55 Å². The number of H-pyrrole nitrogens is 1. The van der Waals surface area contributed by atoms with Crippen LogP contribution in [-0.4, -0.2) is 40.7 Å². The molecule has 3 rings (SSSR count). The number of ether oxygens (including phenoxy) is 2. The van der Waals surface area contributed by atoms with E-state index in [9.17, 15) is 14.9 Å². The third kappa shape index (κ3) is 4.04. The maximum absolute atomic E-state index is 12.3. The first kappa shape index (κ1) is 18.7. The third-order valence-electron chi connectivity index (χ3n) is 4.76. The van der Waals surface area contributed by atoms with Crippen molar-refractivity contribution in [3.05, 3.63) is 40.8 Å². The summed E-state index contributed by atoms with van der Waals surface area (Å²) in [7, 11) is 0. The predicted molar refractivity (Wildman–Crippen MR) is 97.3 cm³/mol. The van der Waals surface area contributed by atoms with Gasteiger partial charge in [-0.1, -0.05) is 0 Å². The van der Waals surface area contributed by atoms with Crippen molar-refractivity contribution < 1.29 is 19.1 Å². The highest BCUT2D eigenvalue weighted by atomic mass is 16.5. The third-order valence-corrected chi connectivity index (χ3v) is 4.76. The first-order valence-corrected chi connectivity index (χ1v) is 8.83. The molecule has 1 aliphatic heterocycles. The van der Waals surface area contributed by atoms with Crippen molar-refractivity contribution in [1.29, 1.82) is 5.26 Å². The summed E-state index contributed by atoms with van der Waals surface area (Å²) >= 11 is 0. The van der Waals surface area contributed by atoms with Crippen molar-refractivity contribution in [2.24, 2.45) is 0 Å². The molecule has 0 unspecified atom stereocenters. The summed E-state index contributed by atoms with van der Waals surface area (Å²) in [6.07, 6.45) is 3.60. The van der Waals surface area contributed by atoms with E-state index in [0.29, 0.717) is 17.9 Å². The maximum Gasteiger partial charge on any atom is 0.355 e. The Morgan fingerprint density at radius 3 is 2.93 bits per heavy atom. The monoisotopic (exact) mass is 370 g/mol. The first-order chi connectivity index (χ1) is 13.0. The zero-order chi connectivity index (χ0) is 19.4. The number of carbonyl (C=O) groups is 2. The Morgan fingerprint density at radius 1 is 1.48 bits per heavy atom. The fraction of sp³-hybridized carbons (Fsp3) is 0.421. The lowest BCUT2D eigenvalue weighted by molar-refractivity contribution is -0.119. The van der Waals surface area contributed by atoms with Crippen molar-refractivity contribution in [3.63, 3.8) is 0 Å². The van der Waals surface area contributed by atoms with Crippen molar-refractivity contribution in [3.8, 4) is 6.07 Å². The number of rotatable bonds is 6. The molecule has 8 heteroatoms. The minimum absolute atomic E-state index is 0.0587. The van der Waals surface area contributed by atoms with Gasteiger partial charge >= 0.3 is 5.97 Å². The average Bonchev–Trinajstić information content (AvgIpc) is 3.40. The number of aromatic amines is 1. The van der Waals surface area contributed by atoms with Crippen LogP contribution in [0, 0.1) is 25.2 Å². The molecule has 0 aliphatic carbocycles. The first-order valence-electron chi connectivity index (χ1n) is 8.83. The smallest absolute Gasteiger partial charge is 0.355 e. The van der Waals surface area contributed by atoms with E-state index >= 15 is 0 Å². The highest BCUT2D eigenvalue weighted by molar-refractivity contribution is 5.95. The van der Waals surface area contributed by atoms with E-state index in [1.807, 2.05) is 18.4 Å². The standard InChI is InChI=1S/C19H22N4O4/c1-12-13(2)23(10-14-5-4-8-26-14)18(15(12)9-20)22-17(24)11-27-19(25)16-6-3-7-21-16/h3,6-7,14,21H,4-5,8,10-11H2,1-2H3,(H,22,24)/t14-/m1/s1. The van der Waals surface area contributed by atoms with Gasteiger partial charge in [0.1, 0.15) is 17.6 Å². The molecule has 0 saturated carbocycles. The summed E-state index contributed by atoms with van der Waals surface area (Å²) in [5, 5.41) is 12.2. The Balaban J connectivity index is 1.72. The number of nitrogens with zero attached hydrogens (tertiary/aromatic N) is 2. The number of esters is 1. The summed E-state index contributed by atoms with van der Waals surface area (Å²) in [6.45, 7) is 4.61. The van der Waals surface area contributed by atoms with E-state index in [0.717, 1.165) is 30.7 Å². The van der Waals surface area contributed by atoms with Crippen LogP contribution in [0.5, 0.6) is 0 Å². The number of amides is 1. The number of carbonyl (C=O) groups excluding carboxylic acids is 2. The quantitative estimate of drug-likeness (QED) is 0.758. The van der Waals surface area contributed by atoms with Gasteiger partial charge in [0, 0.05) is 18.5 Å². The number of hydrogen-bond acceptors (Lipinski definition) is 5. The van der Waals surface area contributed by atoms with Crippen LogP contribution in [0.2, 0.25) is 0 Å². The molecule has 0 aromatic carbocycles. The van der Waals surface area contributed by atoms with Gasteiger partial charge in [-0.2, -0.15) is 5.26 Å². The minimum atomic E-state index is -0.613. The topological polar surface area (TPSA) is 109 Å². The SMILES string of the molecule is Cc1c(C#N)c(NC(=O)COC(=O)c2ccc[nH]2)n(C[C@H]2CCCO2)c1C. The lowest BCUT2D eigenvalue weighted by Gasteiger charge is -2.16. The molecule has 0 bridgehead atoms. The molecule has 27 heavy (non-hydrogen) atoms. The van der Waals surface area contributed by atoms with Crippen LogP contribution in [0.4, 0.5) is 5.82 Å². The van der Waals surface area contributed by atoms with E-state index in [2.05, 4.69) is 16.4 Å². The van der Waals surface area contributed by atoms with E-state index in [1.165, 1.54) is 0 Å². The lowest BCUT2D eigenvalue weighted by atomic mass is 10.2. The molecule has 3 heterocycles. The van der Waals surface area contributed by atoms with Crippen molar-refractivity contribution >= 4 is 17.7 Å². The van der Waals surface area contributed by atoms with Crippen LogP contribution in [0.15, 0.2) is 18.3 Å². The molecule has 0 radical (unpaired) electrons. The Kier molecular flexibility index (Phi) is 5.62. The molecule has 1 saturated heterocycles. The van der Waals surface area contributed by atoms with Crippen molar-refractivity contribution in [2.75, 3.05) is 18.5 Å². The van der Waals surface area contributed by atoms with Gasteiger partial charge in [-0.05, 0) is 44.4 Å². The van der Waals surface area contributed by atoms with E-state index < -0.39 is 18.5 Å². The molecule has 2 N–H and O–H groups in total. The molecule has 2 aromatic heterocycles. The van der Waals surface area contributed by atoms with Crippen LogP contribution < -0.4 is 5.32 Å². The molecule has 0 spiro atoms. The number of aromatic nitrogens is 2. The summed E-state index contributed by atoms with van der Waals surface area (Å²) < 4.78 is 12.6. The van der Waals surface area contributed by atoms with Crippen molar-refractivity contribution in [2.45, 2.75) is 39.3 Å². The molecule has 8 nitrogen and oxygen atoms in total. The van der Waals surface area contributed by atoms with Gasteiger partial charge in [0.05, 0.1) is 18.2 Å². The number of nitriles is 1. The van der Waals surface area contributed by atoms with Gasteiger partial charge in [-0.15, -0.1) is 0 Å². The highest BCUT2D eigenvalue weighted by Crippen LogP contribution is 2.28. The van der Waals surface area contributed by atoms with Gasteiger partial charge in [0.25, 0.3) is 5.91 Å². The number of anilines is 1. The zero-order valence-electron chi connectivity index (χ0n) is 15.4. The van der Waals surface area contributed by atoms with Gasteiger partial charge in [0.2, 0.25) is 0 Å². The van der Waals surface area contributed by atoms with Crippen LogP contribution in [-0.2, 0) is 20.8 Å². The highest BCUT2D eigenvalue weighted by Gasteiger charge is 2.24. The summed E-state index contributed by atoms with van der Waals surface area (Å²) in [4.78, 5) is 26.9. The summed E-state index contributed by atoms with van der Waals surface area (Å²) in [6, 6.07) is 5.38. The molecule has 142 valence electrons. The lowest BCUT2D eigenvalue weighted by Crippen LogP contribution is -2.25. The van der Waals surface area contributed by atoms with Gasteiger partial charge in [-0.3, -0.25) is 4.79 Å². The molecular weight excluding hydrogens is 348 g/mol. The van der Waals surface area contributed by atoms with Gasteiger partial charge in [0.15, 0.2) is 6.61 Å². The average molecular weight is 370 g/mol. The molecule has 1 fully saturated rings. The largest absolute Gasteiger partial charge is 0.451 e. The Hall–Kier alpha value is -3.05. The molecule has 2 aromatic rings. The Bertz CT molecular complexity index is 871. The second-order valence-corrected chi connectivity index (χ2v) is 6.50. The second kappa shape index (κ2) is 8.10. The molecule has 1 atom stereocenters. The second-order valence-electron chi connectivity index (χ2n) is 6.50. The van der Waals surface area contributed by atoms with Gasteiger partial charge in [-0.25, -0.2) is 4.79 Å². The normalized spacial score (nSPS) is 16.1. The minimum Gasteiger partial charge on any atom is -0.451 e. The van der Waals surface area contributed by atoms with Gasteiger partial charge < -0.3 is 24.3 Å². The molecular formula is C19H22N4O4. The summed E-state index contributed by atoms with van der Waals surface area (Å²) in [5.74, 6) is -0.695. The van der Waals surface area contributed by atoms with Crippen LogP contribution in [0.1, 0.15) is 40.2 Å². The van der Waals surface area contributed by atoms with E-state index in [-0.39, 0.29) is 11.8 Å².